The van der Waals surface area contributed by atoms with Crippen molar-refractivity contribution in [2.45, 2.75) is 53.1 Å². The highest BCUT2D eigenvalue weighted by Crippen LogP contribution is 2.43. The number of aryl methyl sites for hydroxylation is 1. The summed E-state index contributed by atoms with van der Waals surface area (Å²) in [7, 11) is 0. The van der Waals surface area contributed by atoms with E-state index < -0.39 is 23.6 Å². The number of ketones is 1. The van der Waals surface area contributed by atoms with Gasteiger partial charge >= 0.3 is 0 Å². The van der Waals surface area contributed by atoms with Crippen molar-refractivity contribution in [3.63, 3.8) is 0 Å². The Morgan fingerprint density at radius 3 is 2.38 bits per heavy atom. The Kier molecular flexibility index (Phi) is 7.59. The molecule has 0 fully saturated rings. The van der Waals surface area contributed by atoms with E-state index in [2.05, 4.69) is 16.4 Å². The number of carbonyl (C=O) groups excluding carboxylic acids is 3. The first-order valence-electron chi connectivity index (χ1n) is 12.3. The number of nitrogens with zero attached hydrogens (tertiary/aromatic N) is 2. The van der Waals surface area contributed by atoms with Gasteiger partial charge in [-0.2, -0.15) is 0 Å². The summed E-state index contributed by atoms with van der Waals surface area (Å²) in [6.07, 6.45) is 1.65. The van der Waals surface area contributed by atoms with Crippen molar-refractivity contribution >= 4 is 34.6 Å². The predicted molar refractivity (Wildman–Crippen MR) is 146 cm³/mol. The Bertz CT molecular complexity index is 1370. The number of rotatable bonds is 8. The van der Waals surface area contributed by atoms with Crippen molar-refractivity contribution < 1.29 is 19.5 Å². The molecule has 0 spiro atoms. The van der Waals surface area contributed by atoms with Gasteiger partial charge in [-0.15, -0.1) is 11.3 Å². The van der Waals surface area contributed by atoms with Gasteiger partial charge in [0.2, 0.25) is 0 Å². The summed E-state index contributed by atoms with van der Waals surface area (Å²) in [6.45, 7) is 9.52. The largest absolute Gasteiger partial charge is 0.503 e. The summed E-state index contributed by atoms with van der Waals surface area (Å²) in [5.41, 5.74) is 1.97. The molecule has 0 bridgehead atoms. The molecule has 0 radical (unpaired) electrons. The molecular weight excluding hydrogens is 486 g/mol. The number of benzene rings is 1. The van der Waals surface area contributed by atoms with Crippen LogP contribution in [0.4, 0.5) is 5.69 Å². The Labute approximate surface area is 220 Å². The van der Waals surface area contributed by atoms with Gasteiger partial charge < -0.3 is 10.4 Å². The molecule has 3 aromatic rings. The minimum absolute atomic E-state index is 0.0109. The smallest absolute Gasteiger partial charge is 0.294 e. The van der Waals surface area contributed by atoms with Crippen LogP contribution in [0, 0.1) is 12.8 Å². The molecule has 1 aliphatic rings. The van der Waals surface area contributed by atoms with Gasteiger partial charge in [-0.3, -0.25) is 24.3 Å². The highest BCUT2D eigenvalue weighted by molar-refractivity contribution is 7.15. The third-order valence-corrected chi connectivity index (χ3v) is 7.09. The molecule has 8 heteroatoms. The van der Waals surface area contributed by atoms with Crippen molar-refractivity contribution in [3.8, 4) is 10.4 Å². The van der Waals surface area contributed by atoms with Crippen LogP contribution < -0.4 is 10.2 Å². The molecule has 1 aliphatic heterocycles. The van der Waals surface area contributed by atoms with Gasteiger partial charge in [-0.25, -0.2) is 0 Å². The summed E-state index contributed by atoms with van der Waals surface area (Å²) in [5.74, 6) is -2.01. The highest BCUT2D eigenvalue weighted by Gasteiger charge is 2.45. The zero-order valence-corrected chi connectivity index (χ0v) is 22.4. The predicted octanol–water partition coefficient (Wildman–Crippen LogP) is 5.77. The number of anilines is 1. The first-order valence-corrected chi connectivity index (χ1v) is 13.1. The van der Waals surface area contributed by atoms with Crippen LogP contribution in [-0.2, 0) is 9.59 Å². The molecule has 1 atom stereocenters. The van der Waals surface area contributed by atoms with Crippen LogP contribution in [0.1, 0.15) is 61.1 Å². The molecular formula is C29H31N3O4S. The van der Waals surface area contributed by atoms with Gasteiger partial charge in [0.1, 0.15) is 5.69 Å². The topological polar surface area (TPSA) is 99.6 Å². The fourth-order valence-electron chi connectivity index (χ4n) is 4.47. The average Bonchev–Trinajstić information content (AvgIpc) is 3.39. The lowest BCUT2D eigenvalue weighted by Crippen LogP contribution is -2.35. The lowest BCUT2D eigenvalue weighted by molar-refractivity contribution is -0.118. The molecule has 0 aliphatic carbocycles. The number of hydrogen-bond donors (Lipinski definition) is 2. The van der Waals surface area contributed by atoms with E-state index in [1.165, 1.54) is 16.0 Å². The molecule has 1 aromatic carbocycles. The van der Waals surface area contributed by atoms with E-state index in [9.17, 15) is 19.5 Å². The van der Waals surface area contributed by atoms with E-state index in [4.69, 9.17) is 0 Å². The van der Waals surface area contributed by atoms with Crippen LogP contribution in [0.5, 0.6) is 0 Å². The molecule has 192 valence electrons. The van der Waals surface area contributed by atoms with Crippen molar-refractivity contribution in [2.24, 2.45) is 5.92 Å². The van der Waals surface area contributed by atoms with Crippen LogP contribution in [0.3, 0.4) is 0 Å². The molecule has 0 saturated carbocycles. The van der Waals surface area contributed by atoms with Gasteiger partial charge in [0, 0.05) is 39.7 Å². The first-order chi connectivity index (χ1) is 17.6. The van der Waals surface area contributed by atoms with Crippen molar-refractivity contribution in [1.29, 1.82) is 0 Å². The number of carbonyl (C=O) groups is 3. The highest BCUT2D eigenvalue weighted by atomic mass is 32.1. The second-order valence-electron chi connectivity index (χ2n) is 9.89. The lowest BCUT2D eigenvalue weighted by Gasteiger charge is -2.28. The maximum Gasteiger partial charge on any atom is 0.294 e. The summed E-state index contributed by atoms with van der Waals surface area (Å²) in [5, 5.41) is 13.8. The Morgan fingerprint density at radius 2 is 1.78 bits per heavy atom. The van der Waals surface area contributed by atoms with Gasteiger partial charge in [0.25, 0.3) is 11.8 Å². The van der Waals surface area contributed by atoms with E-state index in [1.807, 2.05) is 52.8 Å². The minimum Gasteiger partial charge on any atom is -0.503 e. The SMILES string of the molecule is Cc1ccc(-c2ccc(N3C(=O)C(O)=C(C(=O)CC(C)C)C3c3cccnc3C(=O)NC(C)C)cc2)s1. The molecule has 4 rings (SSSR count). The van der Waals surface area contributed by atoms with Crippen LogP contribution in [-0.4, -0.2) is 33.7 Å². The Hall–Kier alpha value is -3.78. The molecule has 3 heterocycles. The van der Waals surface area contributed by atoms with Crippen molar-refractivity contribution in [2.75, 3.05) is 4.90 Å². The maximum atomic E-state index is 13.5. The van der Waals surface area contributed by atoms with E-state index >= 15 is 0 Å². The molecule has 2 N–H and O–H groups in total. The zero-order valence-electron chi connectivity index (χ0n) is 21.6. The van der Waals surface area contributed by atoms with Crippen LogP contribution in [0.25, 0.3) is 10.4 Å². The number of Topliss-reactive ketones (excluding diaryl/α,β-unsaturated/α-hetero) is 1. The number of thiophene rings is 1. The van der Waals surface area contributed by atoms with E-state index in [-0.39, 0.29) is 35.4 Å². The zero-order chi connectivity index (χ0) is 26.9. The summed E-state index contributed by atoms with van der Waals surface area (Å²) in [6, 6.07) is 13.7. The fraction of sp³-hybridized carbons (Fsp3) is 0.310. The second-order valence-corrected chi connectivity index (χ2v) is 11.2. The molecule has 1 unspecified atom stereocenters. The fourth-order valence-corrected chi connectivity index (χ4v) is 5.34. The van der Waals surface area contributed by atoms with Gasteiger partial charge in [-0.05, 0) is 62.6 Å². The summed E-state index contributed by atoms with van der Waals surface area (Å²) >= 11 is 1.67. The lowest BCUT2D eigenvalue weighted by atomic mass is 9.91. The molecule has 0 saturated heterocycles. The summed E-state index contributed by atoms with van der Waals surface area (Å²) in [4.78, 5) is 47.8. The van der Waals surface area contributed by atoms with Gasteiger partial charge in [0.15, 0.2) is 11.5 Å². The number of aromatic nitrogens is 1. The van der Waals surface area contributed by atoms with E-state index in [1.54, 1.807) is 35.6 Å². The minimum atomic E-state index is -0.991. The van der Waals surface area contributed by atoms with Crippen molar-refractivity contribution in [1.82, 2.24) is 10.3 Å². The van der Waals surface area contributed by atoms with Crippen LogP contribution in [0.15, 0.2) is 66.1 Å². The number of aliphatic hydroxyl groups excluding tert-OH is 1. The average molecular weight is 518 g/mol. The van der Waals surface area contributed by atoms with Gasteiger partial charge in [0.05, 0.1) is 11.6 Å². The third kappa shape index (κ3) is 5.34. The Morgan fingerprint density at radius 1 is 1.08 bits per heavy atom. The van der Waals surface area contributed by atoms with Crippen molar-refractivity contribution in [3.05, 3.63) is 82.2 Å². The van der Waals surface area contributed by atoms with E-state index in [0.717, 1.165) is 10.4 Å². The number of hydrogen-bond acceptors (Lipinski definition) is 6. The molecule has 7 nitrogen and oxygen atoms in total. The van der Waals surface area contributed by atoms with E-state index in [0.29, 0.717) is 11.3 Å². The molecule has 37 heavy (non-hydrogen) atoms. The first kappa shape index (κ1) is 26.3. The number of nitrogens with one attached hydrogen (secondary N) is 1. The quantitative estimate of drug-likeness (QED) is 0.395. The number of aliphatic hydroxyl groups is 1. The Balaban J connectivity index is 1.84. The number of amides is 2. The molecule has 2 aromatic heterocycles. The maximum absolute atomic E-state index is 13.5. The second kappa shape index (κ2) is 10.7. The monoisotopic (exact) mass is 517 g/mol. The van der Waals surface area contributed by atoms with Crippen LogP contribution >= 0.6 is 11.3 Å². The third-order valence-electron chi connectivity index (χ3n) is 6.04. The van der Waals surface area contributed by atoms with Crippen LogP contribution in [0.2, 0.25) is 0 Å². The van der Waals surface area contributed by atoms with Gasteiger partial charge in [-0.1, -0.05) is 32.0 Å². The summed E-state index contributed by atoms with van der Waals surface area (Å²) < 4.78 is 0. The standard InChI is InChI=1S/C29H31N3O4S/c1-16(2)15-22(33)24-26(21-7-6-14-30-25(21)28(35)31-17(3)4)32(29(36)27(24)34)20-11-9-19(10-12-20)23-13-8-18(5)37-23/h6-14,16-17,26,34H,15H2,1-5H3,(H,31,35). The normalized spacial score (nSPS) is 15.7. The number of pyridine rings is 1. The molecule has 2 amide bonds.